The van der Waals surface area contributed by atoms with Crippen molar-refractivity contribution in [2.75, 3.05) is 14.2 Å². The predicted molar refractivity (Wildman–Crippen MR) is 156 cm³/mol. The Morgan fingerprint density at radius 1 is 0.897 bits per heavy atom. The molecule has 0 bridgehead atoms. The molecule has 1 fully saturated rings. The van der Waals surface area contributed by atoms with Gasteiger partial charge in [-0.25, -0.2) is 4.39 Å². The van der Waals surface area contributed by atoms with Crippen LogP contribution in [0.3, 0.4) is 0 Å². The van der Waals surface area contributed by atoms with Crippen LogP contribution in [-0.4, -0.2) is 20.2 Å². The molecular formula is C34H43FO4. The molecule has 0 N–H and O–H groups in total. The lowest BCUT2D eigenvalue weighted by molar-refractivity contribution is -0.140. The summed E-state index contributed by atoms with van der Waals surface area (Å²) in [6.07, 6.45) is 8.42. The molecule has 0 atom stereocenters. The van der Waals surface area contributed by atoms with Gasteiger partial charge in [0.2, 0.25) is 0 Å². The van der Waals surface area contributed by atoms with E-state index < -0.39 is 0 Å². The number of esters is 1. The van der Waals surface area contributed by atoms with Gasteiger partial charge in [-0.05, 0) is 77.3 Å². The summed E-state index contributed by atoms with van der Waals surface area (Å²) in [5, 5.41) is 0. The number of hydrogen-bond acceptors (Lipinski definition) is 4. The number of carbonyl (C=O) groups is 1. The number of aryl methyl sites for hydroxylation is 1. The molecule has 0 spiro atoms. The SMILES string of the molecule is C1CC1.CCCC(C)(C)Cc1cc(COc2cccc(CCC(=O)OC)c2)ccc1-c1cc(OC)ccc1F. The molecule has 210 valence electrons. The molecule has 0 aromatic heterocycles. The maximum absolute atomic E-state index is 14.9. The maximum atomic E-state index is 14.9. The van der Waals surface area contributed by atoms with Gasteiger partial charge in [0.25, 0.3) is 0 Å². The Hall–Kier alpha value is -3.34. The number of rotatable bonds is 12. The second-order valence-corrected chi connectivity index (χ2v) is 11.0. The van der Waals surface area contributed by atoms with Crippen molar-refractivity contribution in [2.24, 2.45) is 5.41 Å². The summed E-state index contributed by atoms with van der Waals surface area (Å²) in [6, 6.07) is 18.7. The van der Waals surface area contributed by atoms with Crippen molar-refractivity contribution in [2.45, 2.75) is 78.7 Å². The van der Waals surface area contributed by atoms with Gasteiger partial charge in [0.1, 0.15) is 23.9 Å². The smallest absolute Gasteiger partial charge is 0.305 e. The molecule has 1 saturated carbocycles. The summed E-state index contributed by atoms with van der Waals surface area (Å²) in [4.78, 5) is 11.5. The monoisotopic (exact) mass is 534 g/mol. The predicted octanol–water partition coefficient (Wildman–Crippen LogP) is 8.73. The Bertz CT molecular complexity index is 1210. The van der Waals surface area contributed by atoms with E-state index in [2.05, 4.69) is 26.8 Å². The Morgan fingerprint density at radius 3 is 2.33 bits per heavy atom. The minimum Gasteiger partial charge on any atom is -0.497 e. The highest BCUT2D eigenvalue weighted by Crippen LogP contribution is 2.36. The Morgan fingerprint density at radius 2 is 1.67 bits per heavy atom. The van der Waals surface area contributed by atoms with Crippen LogP contribution in [0.15, 0.2) is 60.7 Å². The third kappa shape index (κ3) is 10.0. The van der Waals surface area contributed by atoms with Crippen LogP contribution in [0.2, 0.25) is 0 Å². The molecule has 3 aromatic rings. The largest absolute Gasteiger partial charge is 0.497 e. The van der Waals surface area contributed by atoms with E-state index in [1.165, 1.54) is 32.4 Å². The van der Waals surface area contributed by atoms with Crippen LogP contribution in [-0.2, 0) is 29.0 Å². The number of methoxy groups -OCH3 is 2. The zero-order valence-electron chi connectivity index (χ0n) is 24.1. The van der Waals surface area contributed by atoms with Crippen LogP contribution in [0.25, 0.3) is 11.1 Å². The lowest BCUT2D eigenvalue weighted by Gasteiger charge is -2.26. The fourth-order valence-corrected chi connectivity index (χ4v) is 4.57. The Kier molecular flexibility index (Phi) is 11.4. The summed E-state index contributed by atoms with van der Waals surface area (Å²) >= 11 is 0. The standard InChI is InChI=1S/C31H37FO4.C3H6/c1-6-16-31(2,3)20-24-17-23(10-13-27(24)28-19-25(34-4)12-14-29(28)32)21-36-26-9-7-8-22(18-26)11-15-30(33)35-5;1-2-3-1/h7-10,12-14,17-19H,6,11,15-16,20-21H2,1-5H3;1-3H2. The summed E-state index contributed by atoms with van der Waals surface area (Å²) < 4.78 is 31.1. The highest BCUT2D eigenvalue weighted by Gasteiger charge is 2.21. The molecule has 0 unspecified atom stereocenters. The molecule has 0 amide bonds. The van der Waals surface area contributed by atoms with Gasteiger partial charge < -0.3 is 14.2 Å². The van der Waals surface area contributed by atoms with Crippen molar-refractivity contribution in [3.63, 3.8) is 0 Å². The van der Waals surface area contributed by atoms with E-state index in [9.17, 15) is 9.18 Å². The molecule has 4 rings (SSSR count). The molecule has 0 saturated heterocycles. The van der Waals surface area contributed by atoms with Gasteiger partial charge in [-0.3, -0.25) is 4.79 Å². The number of ether oxygens (including phenoxy) is 3. The van der Waals surface area contributed by atoms with Crippen LogP contribution in [0, 0.1) is 11.2 Å². The molecule has 1 aliphatic rings. The third-order valence-corrected chi connectivity index (χ3v) is 6.73. The van der Waals surface area contributed by atoms with Crippen LogP contribution in [0.1, 0.15) is 76.0 Å². The summed E-state index contributed by atoms with van der Waals surface area (Å²) in [5.74, 6) is 0.878. The molecule has 1 aliphatic carbocycles. The number of hydrogen-bond donors (Lipinski definition) is 0. The van der Waals surface area contributed by atoms with Crippen LogP contribution >= 0.6 is 0 Å². The summed E-state index contributed by atoms with van der Waals surface area (Å²) in [7, 11) is 2.99. The molecule has 4 nitrogen and oxygen atoms in total. The van der Waals surface area contributed by atoms with Crippen LogP contribution in [0.4, 0.5) is 4.39 Å². The van der Waals surface area contributed by atoms with Gasteiger partial charge in [-0.2, -0.15) is 0 Å². The van der Waals surface area contributed by atoms with E-state index in [4.69, 9.17) is 14.2 Å². The van der Waals surface area contributed by atoms with E-state index in [0.717, 1.165) is 47.3 Å². The molecular weight excluding hydrogens is 491 g/mol. The first kappa shape index (κ1) is 30.2. The zero-order valence-corrected chi connectivity index (χ0v) is 24.1. The van der Waals surface area contributed by atoms with Crippen LogP contribution in [0.5, 0.6) is 11.5 Å². The van der Waals surface area contributed by atoms with Crippen molar-refractivity contribution in [3.8, 4) is 22.6 Å². The first-order valence-corrected chi connectivity index (χ1v) is 14.0. The summed E-state index contributed by atoms with van der Waals surface area (Å²) in [6.45, 7) is 7.09. The number of halogens is 1. The molecule has 0 heterocycles. The number of benzene rings is 3. The zero-order chi connectivity index (χ0) is 28.3. The first-order chi connectivity index (χ1) is 18.7. The van der Waals surface area contributed by atoms with Gasteiger partial charge in [-0.15, -0.1) is 0 Å². The van der Waals surface area contributed by atoms with E-state index in [1.807, 2.05) is 36.4 Å². The first-order valence-electron chi connectivity index (χ1n) is 14.0. The van der Waals surface area contributed by atoms with E-state index in [1.54, 1.807) is 19.2 Å². The topological polar surface area (TPSA) is 44.8 Å². The third-order valence-electron chi connectivity index (χ3n) is 6.73. The highest BCUT2D eigenvalue weighted by molar-refractivity contribution is 5.70. The Labute approximate surface area is 233 Å². The van der Waals surface area contributed by atoms with Crippen molar-refractivity contribution >= 4 is 5.97 Å². The van der Waals surface area contributed by atoms with E-state index in [0.29, 0.717) is 30.8 Å². The molecule has 5 heteroatoms. The molecule has 0 radical (unpaired) electrons. The van der Waals surface area contributed by atoms with E-state index >= 15 is 0 Å². The van der Waals surface area contributed by atoms with E-state index in [-0.39, 0.29) is 17.2 Å². The molecule has 39 heavy (non-hydrogen) atoms. The van der Waals surface area contributed by atoms with Crippen molar-refractivity contribution in [3.05, 3.63) is 83.2 Å². The maximum Gasteiger partial charge on any atom is 0.305 e. The quantitative estimate of drug-likeness (QED) is 0.218. The van der Waals surface area contributed by atoms with Gasteiger partial charge >= 0.3 is 5.97 Å². The fourth-order valence-electron chi connectivity index (χ4n) is 4.57. The summed E-state index contributed by atoms with van der Waals surface area (Å²) in [5.41, 5.74) is 4.62. The lowest BCUT2D eigenvalue weighted by Crippen LogP contribution is -2.15. The van der Waals surface area contributed by atoms with Gasteiger partial charge in [-0.1, -0.05) is 76.8 Å². The minimum absolute atomic E-state index is 0.0757. The van der Waals surface area contributed by atoms with Gasteiger partial charge in [0.05, 0.1) is 14.2 Å². The average molecular weight is 535 g/mol. The second-order valence-electron chi connectivity index (χ2n) is 11.0. The lowest BCUT2D eigenvalue weighted by atomic mass is 9.79. The number of carbonyl (C=O) groups excluding carboxylic acids is 1. The Balaban J connectivity index is 0.00000131. The van der Waals surface area contributed by atoms with Crippen molar-refractivity contribution in [1.82, 2.24) is 0 Å². The molecule has 0 aliphatic heterocycles. The normalized spacial score (nSPS) is 12.3. The van der Waals surface area contributed by atoms with Crippen LogP contribution < -0.4 is 9.47 Å². The van der Waals surface area contributed by atoms with Crippen molar-refractivity contribution in [1.29, 1.82) is 0 Å². The van der Waals surface area contributed by atoms with Gasteiger partial charge in [0, 0.05) is 12.0 Å². The van der Waals surface area contributed by atoms with Gasteiger partial charge in [0.15, 0.2) is 0 Å². The average Bonchev–Trinajstić information content (AvgIpc) is 3.81. The fraction of sp³-hybridized carbons (Fsp3) is 0.441. The molecule has 3 aromatic carbocycles. The second kappa shape index (κ2) is 14.7. The van der Waals surface area contributed by atoms with Crippen molar-refractivity contribution < 1.29 is 23.4 Å². The highest BCUT2D eigenvalue weighted by atomic mass is 19.1. The minimum atomic E-state index is -0.266.